The van der Waals surface area contributed by atoms with Gasteiger partial charge in [-0.05, 0) is 13.8 Å². The molecule has 3 fully saturated rings. The van der Waals surface area contributed by atoms with Gasteiger partial charge in [0, 0.05) is 0 Å². The Morgan fingerprint density at radius 3 is 2.80 bits per heavy atom. The van der Waals surface area contributed by atoms with Crippen LogP contribution in [-0.2, 0) is 23.8 Å². The van der Waals surface area contributed by atoms with E-state index in [1.165, 1.54) is 7.11 Å². The van der Waals surface area contributed by atoms with Crippen molar-refractivity contribution in [2.45, 2.75) is 50.4 Å². The van der Waals surface area contributed by atoms with Gasteiger partial charge in [0.05, 0.1) is 32.2 Å². The molecule has 1 amide bonds. The third-order valence-corrected chi connectivity index (χ3v) is 4.25. The fourth-order valence-electron chi connectivity index (χ4n) is 3.54. The highest BCUT2D eigenvalue weighted by atomic mass is 16.8. The zero-order chi connectivity index (χ0) is 14.7. The maximum atomic E-state index is 12.0. The van der Waals surface area contributed by atoms with Gasteiger partial charge >= 0.3 is 5.97 Å². The highest BCUT2D eigenvalue weighted by Gasteiger charge is 2.60. The van der Waals surface area contributed by atoms with Gasteiger partial charge in [-0.15, -0.1) is 0 Å². The average molecular weight is 285 g/mol. The van der Waals surface area contributed by atoms with E-state index in [9.17, 15) is 14.7 Å². The summed E-state index contributed by atoms with van der Waals surface area (Å²) in [6, 6.07) is -0.523. The summed E-state index contributed by atoms with van der Waals surface area (Å²) in [7, 11) is 1.28. The Morgan fingerprint density at radius 1 is 1.45 bits per heavy atom. The number of piperidine rings is 1. The normalized spacial score (nSPS) is 42.3. The molecule has 7 heteroatoms. The fourth-order valence-corrected chi connectivity index (χ4v) is 3.54. The third-order valence-electron chi connectivity index (χ3n) is 4.25. The molecule has 3 aliphatic rings. The number of esters is 1. The number of carbonyl (C=O) groups excluding carboxylic acids is 2. The molecule has 0 bridgehead atoms. The van der Waals surface area contributed by atoms with Gasteiger partial charge in [-0.3, -0.25) is 9.59 Å². The minimum atomic E-state index is -1.04. The van der Waals surface area contributed by atoms with Crippen LogP contribution in [0.2, 0.25) is 0 Å². The van der Waals surface area contributed by atoms with E-state index in [1.807, 2.05) is 0 Å². The number of fused-ring (bicyclic) bond motifs is 3. The molecule has 112 valence electrons. The van der Waals surface area contributed by atoms with Crippen molar-refractivity contribution in [2.75, 3.05) is 13.7 Å². The van der Waals surface area contributed by atoms with Crippen LogP contribution in [0.1, 0.15) is 20.3 Å². The molecule has 7 nitrogen and oxygen atoms in total. The van der Waals surface area contributed by atoms with Crippen molar-refractivity contribution in [3.63, 3.8) is 0 Å². The number of amides is 1. The van der Waals surface area contributed by atoms with E-state index in [4.69, 9.17) is 14.2 Å². The van der Waals surface area contributed by atoms with Crippen molar-refractivity contribution in [3.05, 3.63) is 0 Å². The van der Waals surface area contributed by atoms with Crippen molar-refractivity contribution in [2.24, 2.45) is 5.92 Å². The summed E-state index contributed by atoms with van der Waals surface area (Å²) >= 11 is 0. The third kappa shape index (κ3) is 1.92. The smallest absolute Gasteiger partial charge is 0.313 e. The molecular weight excluding hydrogens is 266 g/mol. The van der Waals surface area contributed by atoms with E-state index in [0.717, 1.165) is 0 Å². The lowest BCUT2D eigenvalue weighted by Gasteiger charge is -2.40. The number of carbonyl (C=O) groups is 2. The van der Waals surface area contributed by atoms with Gasteiger partial charge in [0.2, 0.25) is 5.91 Å². The molecule has 3 aliphatic heterocycles. The fraction of sp³-hybridized carbons (Fsp3) is 0.846. The van der Waals surface area contributed by atoms with E-state index in [-0.39, 0.29) is 18.4 Å². The number of aliphatic hydroxyl groups excluding tert-OH is 1. The molecule has 0 aromatic heterocycles. The summed E-state index contributed by atoms with van der Waals surface area (Å²) in [4.78, 5) is 25.6. The van der Waals surface area contributed by atoms with Crippen LogP contribution in [0, 0.1) is 5.92 Å². The Balaban J connectivity index is 1.93. The van der Waals surface area contributed by atoms with Crippen LogP contribution in [-0.4, -0.2) is 65.7 Å². The van der Waals surface area contributed by atoms with Crippen LogP contribution in [0.15, 0.2) is 0 Å². The van der Waals surface area contributed by atoms with E-state index in [1.54, 1.807) is 18.7 Å². The van der Waals surface area contributed by atoms with Crippen molar-refractivity contribution >= 4 is 11.9 Å². The van der Waals surface area contributed by atoms with E-state index in [2.05, 4.69) is 0 Å². The minimum absolute atomic E-state index is 0.0703. The summed E-state index contributed by atoms with van der Waals surface area (Å²) in [6.07, 6.45) is -1.79. The SMILES string of the molecule is COC(=O)[C@H]1[C@H]2[C@@H]3OC(C)(C)O[C@@H]3CN2C(=O)C[C@@H]1O. The standard InChI is InChI=1S/C13H19NO6/c1-13(2)19-7-5-14-8(16)4-6(15)9(12(17)18-3)10(14)11(7)20-13/h6-7,9-11,15H,4-5H2,1-3H3/t6-,7+,9+,10-,11+/m0/s1. The lowest BCUT2D eigenvalue weighted by atomic mass is 9.85. The van der Waals surface area contributed by atoms with Crippen LogP contribution in [0.3, 0.4) is 0 Å². The molecular formula is C13H19NO6. The van der Waals surface area contributed by atoms with Gasteiger partial charge in [-0.2, -0.15) is 0 Å². The molecule has 0 unspecified atom stereocenters. The summed E-state index contributed by atoms with van der Waals surface area (Å²) in [6.45, 7) is 3.98. The number of rotatable bonds is 1. The summed E-state index contributed by atoms with van der Waals surface area (Å²) in [5.74, 6) is -2.23. The Morgan fingerprint density at radius 2 is 2.15 bits per heavy atom. The first kappa shape index (κ1) is 13.8. The van der Waals surface area contributed by atoms with Crippen molar-refractivity contribution in [3.8, 4) is 0 Å². The first-order chi connectivity index (χ1) is 9.34. The van der Waals surface area contributed by atoms with Crippen LogP contribution >= 0.6 is 0 Å². The second kappa shape index (κ2) is 4.41. The van der Waals surface area contributed by atoms with E-state index < -0.39 is 35.9 Å². The maximum absolute atomic E-state index is 12.0. The minimum Gasteiger partial charge on any atom is -0.469 e. The predicted molar refractivity (Wildman–Crippen MR) is 65.5 cm³/mol. The van der Waals surface area contributed by atoms with E-state index >= 15 is 0 Å². The van der Waals surface area contributed by atoms with E-state index in [0.29, 0.717) is 6.54 Å². The van der Waals surface area contributed by atoms with Gasteiger partial charge in [0.25, 0.3) is 0 Å². The van der Waals surface area contributed by atoms with Crippen LogP contribution < -0.4 is 0 Å². The molecule has 0 aromatic rings. The second-order valence-electron chi connectivity index (χ2n) is 6.00. The maximum Gasteiger partial charge on any atom is 0.313 e. The molecule has 3 heterocycles. The van der Waals surface area contributed by atoms with Crippen molar-refractivity contribution in [1.29, 1.82) is 0 Å². The number of ether oxygens (including phenoxy) is 3. The van der Waals surface area contributed by atoms with Crippen LogP contribution in [0.4, 0.5) is 0 Å². The quantitative estimate of drug-likeness (QED) is 0.639. The van der Waals surface area contributed by atoms with Gasteiger partial charge in [-0.25, -0.2) is 0 Å². The number of hydrogen-bond acceptors (Lipinski definition) is 6. The Kier molecular flexibility index (Phi) is 3.04. The Bertz CT molecular complexity index is 450. The topological polar surface area (TPSA) is 85.3 Å². The highest BCUT2D eigenvalue weighted by Crippen LogP contribution is 2.42. The first-order valence-electron chi connectivity index (χ1n) is 6.75. The van der Waals surface area contributed by atoms with Crippen LogP contribution in [0.5, 0.6) is 0 Å². The second-order valence-corrected chi connectivity index (χ2v) is 6.00. The van der Waals surface area contributed by atoms with Crippen molar-refractivity contribution < 1.29 is 28.9 Å². The lowest BCUT2D eigenvalue weighted by molar-refractivity contribution is -0.185. The monoisotopic (exact) mass is 285 g/mol. The van der Waals surface area contributed by atoms with Gasteiger partial charge < -0.3 is 24.2 Å². The summed E-state index contributed by atoms with van der Waals surface area (Å²) in [5.41, 5.74) is 0. The number of hydrogen-bond donors (Lipinski definition) is 1. The summed E-state index contributed by atoms with van der Waals surface area (Å²) < 4.78 is 16.4. The largest absolute Gasteiger partial charge is 0.469 e. The molecule has 0 aliphatic carbocycles. The summed E-state index contributed by atoms with van der Waals surface area (Å²) in [5, 5.41) is 10.1. The van der Waals surface area contributed by atoms with Crippen molar-refractivity contribution in [1.82, 2.24) is 4.90 Å². The molecule has 3 rings (SSSR count). The lowest BCUT2D eigenvalue weighted by Crippen LogP contribution is -2.57. The predicted octanol–water partition coefficient (Wildman–Crippen LogP) is -0.729. The molecule has 0 aromatic carbocycles. The Labute approximate surface area is 116 Å². The average Bonchev–Trinajstić information content (AvgIpc) is 2.82. The number of methoxy groups -OCH3 is 1. The highest BCUT2D eigenvalue weighted by molar-refractivity contribution is 5.84. The molecule has 20 heavy (non-hydrogen) atoms. The number of aliphatic hydroxyl groups is 1. The van der Waals surface area contributed by atoms with Gasteiger partial charge in [-0.1, -0.05) is 0 Å². The first-order valence-corrected chi connectivity index (χ1v) is 6.75. The zero-order valence-corrected chi connectivity index (χ0v) is 11.7. The molecule has 0 radical (unpaired) electrons. The Hall–Kier alpha value is -1.18. The molecule has 0 spiro atoms. The zero-order valence-electron chi connectivity index (χ0n) is 11.7. The molecule has 3 saturated heterocycles. The molecule has 5 atom stereocenters. The van der Waals surface area contributed by atoms with Gasteiger partial charge in [0.15, 0.2) is 5.79 Å². The number of nitrogens with zero attached hydrogens (tertiary/aromatic N) is 1. The van der Waals surface area contributed by atoms with Crippen LogP contribution in [0.25, 0.3) is 0 Å². The molecule has 1 N–H and O–H groups in total. The van der Waals surface area contributed by atoms with Gasteiger partial charge in [0.1, 0.15) is 18.1 Å². The molecule has 0 saturated carbocycles.